The van der Waals surface area contributed by atoms with E-state index in [0.717, 1.165) is 16.3 Å². The molecule has 7 heteroatoms. The molecule has 0 aliphatic heterocycles. The Morgan fingerprint density at radius 2 is 1.77 bits per heavy atom. The van der Waals surface area contributed by atoms with Crippen LogP contribution in [0.3, 0.4) is 0 Å². The quantitative estimate of drug-likeness (QED) is 0.486. The molecule has 3 aromatic carbocycles. The van der Waals surface area contributed by atoms with Gasteiger partial charge in [0.1, 0.15) is 0 Å². The maximum Gasteiger partial charge on any atom is 0.337 e. The largest absolute Gasteiger partial charge is 0.465 e. The Morgan fingerprint density at radius 1 is 1.00 bits per heavy atom. The molecule has 0 aliphatic rings. The summed E-state index contributed by atoms with van der Waals surface area (Å²) in [6, 6.07) is 20.4. The van der Waals surface area contributed by atoms with Gasteiger partial charge in [-0.3, -0.25) is 4.79 Å². The van der Waals surface area contributed by atoms with Crippen molar-refractivity contribution in [1.82, 2.24) is 10.1 Å². The molecule has 0 saturated heterocycles. The molecule has 0 fully saturated rings. The van der Waals surface area contributed by atoms with E-state index in [1.807, 2.05) is 42.5 Å². The van der Waals surface area contributed by atoms with Gasteiger partial charge >= 0.3 is 5.97 Å². The summed E-state index contributed by atoms with van der Waals surface area (Å²) in [7, 11) is 1.32. The SMILES string of the molecule is COC(=O)c1ccc(NC(=O)CCc2nc(-c3cccc4ccccc34)no2)cc1. The first kappa shape index (κ1) is 19.3. The molecule has 0 aliphatic carbocycles. The monoisotopic (exact) mass is 401 g/mol. The van der Waals surface area contributed by atoms with Crippen LogP contribution in [0.1, 0.15) is 22.7 Å². The van der Waals surface area contributed by atoms with E-state index < -0.39 is 5.97 Å². The molecule has 0 spiro atoms. The van der Waals surface area contributed by atoms with Gasteiger partial charge in [0.25, 0.3) is 0 Å². The number of benzene rings is 3. The minimum Gasteiger partial charge on any atom is -0.465 e. The summed E-state index contributed by atoms with van der Waals surface area (Å²) in [5, 5.41) is 8.99. The van der Waals surface area contributed by atoms with Crippen LogP contribution in [0.15, 0.2) is 71.3 Å². The molecule has 4 rings (SSSR count). The molecule has 0 radical (unpaired) electrons. The fourth-order valence-corrected chi connectivity index (χ4v) is 3.14. The van der Waals surface area contributed by atoms with Gasteiger partial charge in [0.2, 0.25) is 17.6 Å². The predicted octanol–water partition coefficient (Wildman–Crippen LogP) is 4.25. The molecule has 1 heterocycles. The van der Waals surface area contributed by atoms with Crippen molar-refractivity contribution in [3.8, 4) is 11.4 Å². The summed E-state index contributed by atoms with van der Waals surface area (Å²) in [5.74, 6) is 0.284. The first-order valence-corrected chi connectivity index (χ1v) is 9.43. The maximum atomic E-state index is 12.2. The lowest BCUT2D eigenvalue weighted by molar-refractivity contribution is -0.116. The average molecular weight is 401 g/mol. The summed E-state index contributed by atoms with van der Waals surface area (Å²) in [4.78, 5) is 28.1. The normalized spacial score (nSPS) is 10.7. The molecule has 0 unspecified atom stereocenters. The molecule has 4 aromatic rings. The number of fused-ring (bicyclic) bond motifs is 1. The summed E-state index contributed by atoms with van der Waals surface area (Å²) >= 11 is 0. The number of ether oxygens (including phenoxy) is 1. The smallest absolute Gasteiger partial charge is 0.337 e. The van der Waals surface area contributed by atoms with Crippen molar-refractivity contribution in [2.75, 3.05) is 12.4 Å². The van der Waals surface area contributed by atoms with E-state index in [0.29, 0.717) is 29.4 Å². The average Bonchev–Trinajstić information content (AvgIpc) is 3.26. The fourth-order valence-electron chi connectivity index (χ4n) is 3.14. The minimum atomic E-state index is -0.425. The number of nitrogens with one attached hydrogen (secondary N) is 1. The molecular weight excluding hydrogens is 382 g/mol. The lowest BCUT2D eigenvalue weighted by atomic mass is 10.0. The lowest BCUT2D eigenvalue weighted by Crippen LogP contribution is -2.12. The topological polar surface area (TPSA) is 94.3 Å². The van der Waals surface area contributed by atoms with Crippen molar-refractivity contribution in [2.24, 2.45) is 0 Å². The second-order valence-corrected chi connectivity index (χ2v) is 6.66. The van der Waals surface area contributed by atoms with Crippen molar-refractivity contribution in [3.63, 3.8) is 0 Å². The number of carbonyl (C=O) groups is 2. The number of aromatic nitrogens is 2. The first-order chi connectivity index (χ1) is 14.6. The van der Waals surface area contributed by atoms with E-state index in [1.165, 1.54) is 7.11 Å². The first-order valence-electron chi connectivity index (χ1n) is 9.43. The highest BCUT2D eigenvalue weighted by Gasteiger charge is 2.13. The molecular formula is C23H19N3O4. The van der Waals surface area contributed by atoms with E-state index in [9.17, 15) is 9.59 Å². The van der Waals surface area contributed by atoms with E-state index in [1.54, 1.807) is 24.3 Å². The maximum absolute atomic E-state index is 12.2. The van der Waals surface area contributed by atoms with Gasteiger partial charge in [-0.2, -0.15) is 4.98 Å². The van der Waals surface area contributed by atoms with Gasteiger partial charge in [0.15, 0.2) is 0 Å². The van der Waals surface area contributed by atoms with Crippen LogP contribution in [0, 0.1) is 0 Å². The summed E-state index contributed by atoms with van der Waals surface area (Å²) in [5.41, 5.74) is 1.90. The number of esters is 1. The number of rotatable bonds is 6. The number of nitrogens with zero attached hydrogens (tertiary/aromatic N) is 2. The number of anilines is 1. The minimum absolute atomic E-state index is 0.189. The third-order valence-corrected chi connectivity index (χ3v) is 4.65. The number of methoxy groups -OCH3 is 1. The summed E-state index contributed by atoms with van der Waals surface area (Å²) in [6.45, 7) is 0. The standard InChI is InChI=1S/C23H19N3O4/c1-29-23(28)16-9-11-17(12-10-16)24-20(27)13-14-21-25-22(26-30-21)19-8-4-6-15-5-2-3-7-18(15)19/h2-12H,13-14H2,1H3,(H,24,27). The molecule has 0 bridgehead atoms. The zero-order valence-electron chi connectivity index (χ0n) is 16.3. The third kappa shape index (κ3) is 4.20. The Balaban J connectivity index is 1.38. The van der Waals surface area contributed by atoms with Crippen LogP contribution < -0.4 is 5.32 Å². The summed E-state index contributed by atoms with van der Waals surface area (Å²) < 4.78 is 9.98. The Kier molecular flexibility index (Phi) is 5.52. The van der Waals surface area contributed by atoms with E-state index in [-0.39, 0.29) is 12.3 Å². The van der Waals surface area contributed by atoms with Crippen LogP contribution in [0.25, 0.3) is 22.2 Å². The van der Waals surface area contributed by atoms with Crippen LogP contribution in [-0.4, -0.2) is 29.1 Å². The second-order valence-electron chi connectivity index (χ2n) is 6.66. The molecule has 0 saturated carbocycles. The van der Waals surface area contributed by atoms with Crippen molar-refractivity contribution in [3.05, 3.63) is 78.2 Å². The van der Waals surface area contributed by atoms with E-state index in [2.05, 4.69) is 20.2 Å². The third-order valence-electron chi connectivity index (χ3n) is 4.65. The highest BCUT2D eigenvalue weighted by atomic mass is 16.5. The zero-order valence-corrected chi connectivity index (χ0v) is 16.3. The Morgan fingerprint density at radius 3 is 2.57 bits per heavy atom. The van der Waals surface area contributed by atoms with Crippen molar-refractivity contribution in [2.45, 2.75) is 12.8 Å². The van der Waals surface area contributed by atoms with Crippen LogP contribution in [0.4, 0.5) is 5.69 Å². The van der Waals surface area contributed by atoms with E-state index >= 15 is 0 Å². The number of hydrogen-bond acceptors (Lipinski definition) is 6. The number of amides is 1. The van der Waals surface area contributed by atoms with E-state index in [4.69, 9.17) is 4.52 Å². The van der Waals surface area contributed by atoms with Crippen LogP contribution in [0.2, 0.25) is 0 Å². The van der Waals surface area contributed by atoms with Gasteiger partial charge in [-0.25, -0.2) is 4.79 Å². The number of aryl methyl sites for hydroxylation is 1. The second kappa shape index (κ2) is 8.57. The zero-order chi connectivity index (χ0) is 20.9. The van der Waals surface area contributed by atoms with Gasteiger partial charge in [-0.05, 0) is 35.0 Å². The molecule has 7 nitrogen and oxygen atoms in total. The Bertz CT molecular complexity index is 1190. The van der Waals surface area contributed by atoms with Crippen LogP contribution in [0.5, 0.6) is 0 Å². The Labute approximate surface area is 172 Å². The van der Waals surface area contributed by atoms with Gasteiger partial charge in [-0.15, -0.1) is 0 Å². The van der Waals surface area contributed by atoms with Crippen molar-refractivity contribution in [1.29, 1.82) is 0 Å². The molecule has 0 atom stereocenters. The predicted molar refractivity (Wildman–Crippen MR) is 112 cm³/mol. The Hall–Kier alpha value is -4.00. The van der Waals surface area contributed by atoms with Gasteiger partial charge < -0.3 is 14.6 Å². The van der Waals surface area contributed by atoms with Crippen molar-refractivity contribution < 1.29 is 18.8 Å². The molecule has 1 amide bonds. The molecule has 150 valence electrons. The summed E-state index contributed by atoms with van der Waals surface area (Å²) in [6.07, 6.45) is 0.514. The fraction of sp³-hybridized carbons (Fsp3) is 0.130. The number of carbonyl (C=O) groups excluding carboxylic acids is 2. The molecule has 30 heavy (non-hydrogen) atoms. The van der Waals surface area contributed by atoms with Crippen LogP contribution >= 0.6 is 0 Å². The van der Waals surface area contributed by atoms with Crippen LogP contribution in [-0.2, 0) is 16.0 Å². The van der Waals surface area contributed by atoms with Gasteiger partial charge in [0.05, 0.1) is 12.7 Å². The lowest BCUT2D eigenvalue weighted by Gasteiger charge is -2.05. The molecule has 1 aromatic heterocycles. The highest BCUT2D eigenvalue weighted by Crippen LogP contribution is 2.26. The van der Waals surface area contributed by atoms with Crippen molar-refractivity contribution >= 4 is 28.3 Å². The van der Waals surface area contributed by atoms with Gasteiger partial charge in [-0.1, -0.05) is 47.6 Å². The molecule has 1 N–H and O–H groups in total. The number of hydrogen-bond donors (Lipinski definition) is 1. The van der Waals surface area contributed by atoms with Gasteiger partial charge in [0, 0.05) is 24.1 Å². The highest BCUT2D eigenvalue weighted by molar-refractivity contribution is 5.95.